The van der Waals surface area contributed by atoms with Crippen LogP contribution in [0.3, 0.4) is 0 Å². The van der Waals surface area contributed by atoms with Gasteiger partial charge in [0.2, 0.25) is 0 Å². The summed E-state index contributed by atoms with van der Waals surface area (Å²) in [6, 6.07) is 0. The Bertz CT molecular complexity index is 528. The van der Waals surface area contributed by atoms with Crippen LogP contribution >= 0.6 is 24.4 Å². The fraction of sp³-hybridized carbons (Fsp3) is 0.905. The van der Waals surface area contributed by atoms with E-state index in [1.165, 1.54) is 25.7 Å². The highest BCUT2D eigenvalue weighted by atomic mass is 32.2. The maximum absolute atomic E-state index is 5.01. The Labute approximate surface area is 151 Å². The summed E-state index contributed by atoms with van der Waals surface area (Å²) in [6.45, 7) is 0. The van der Waals surface area contributed by atoms with Crippen molar-refractivity contribution in [3.8, 4) is 0 Å². The number of thiol groups is 1. The summed E-state index contributed by atoms with van der Waals surface area (Å²) in [5.74, 6) is 8.30. The number of rotatable bonds is 2. The molecular weight excluding hydrogens is 316 g/mol. The van der Waals surface area contributed by atoms with E-state index in [0.717, 1.165) is 63.1 Å². The van der Waals surface area contributed by atoms with Gasteiger partial charge in [0.05, 0.1) is 0 Å². The van der Waals surface area contributed by atoms with Crippen molar-refractivity contribution < 1.29 is 0 Å². The van der Waals surface area contributed by atoms with Gasteiger partial charge in [-0.3, -0.25) is 0 Å². The standard InChI is InChI=1S/C21H30S2/c22-18-7-6-14-11-4-5-16(21(14)18)19(9-11)23-20-10-12-8-17(20)15-3-1-2-13(12)15/h1-2,11-22H,3-10H2. The van der Waals surface area contributed by atoms with Crippen LogP contribution < -0.4 is 0 Å². The predicted molar refractivity (Wildman–Crippen MR) is 102 cm³/mol. The van der Waals surface area contributed by atoms with Gasteiger partial charge >= 0.3 is 0 Å². The second-order valence-corrected chi connectivity index (χ2v) is 11.8. The van der Waals surface area contributed by atoms with Crippen LogP contribution in [0.4, 0.5) is 0 Å². The Balaban J connectivity index is 1.20. The summed E-state index contributed by atoms with van der Waals surface area (Å²) >= 11 is 7.51. The number of allylic oxidation sites excluding steroid dienone is 2. The molecule has 7 aliphatic rings. The van der Waals surface area contributed by atoms with Gasteiger partial charge in [-0.05, 0) is 98.7 Å². The van der Waals surface area contributed by atoms with E-state index >= 15 is 0 Å². The zero-order valence-electron chi connectivity index (χ0n) is 14.0. The summed E-state index contributed by atoms with van der Waals surface area (Å²) in [4.78, 5) is 0. The summed E-state index contributed by atoms with van der Waals surface area (Å²) in [5.41, 5.74) is 0. The maximum atomic E-state index is 5.01. The van der Waals surface area contributed by atoms with Gasteiger partial charge in [-0.1, -0.05) is 12.2 Å². The second-order valence-electron chi connectivity index (χ2n) is 9.64. The first-order chi connectivity index (χ1) is 11.3. The molecule has 6 fully saturated rings. The lowest BCUT2D eigenvalue weighted by Crippen LogP contribution is -2.47. The molecule has 0 heterocycles. The molecule has 11 unspecified atom stereocenters. The second kappa shape index (κ2) is 5.22. The van der Waals surface area contributed by atoms with Gasteiger partial charge in [0.1, 0.15) is 0 Å². The molecule has 0 aromatic rings. The van der Waals surface area contributed by atoms with E-state index in [0.29, 0.717) is 0 Å². The van der Waals surface area contributed by atoms with Gasteiger partial charge in [0.25, 0.3) is 0 Å². The van der Waals surface area contributed by atoms with E-state index in [2.05, 4.69) is 23.9 Å². The highest BCUT2D eigenvalue weighted by molar-refractivity contribution is 8.00. The zero-order chi connectivity index (χ0) is 15.1. The van der Waals surface area contributed by atoms with Crippen molar-refractivity contribution in [3.63, 3.8) is 0 Å². The molecule has 2 heteroatoms. The largest absolute Gasteiger partial charge is 0.176 e. The first-order valence-corrected chi connectivity index (χ1v) is 11.8. The Morgan fingerprint density at radius 1 is 0.783 bits per heavy atom. The number of thioether (sulfide) groups is 1. The lowest BCUT2D eigenvalue weighted by atomic mass is 9.59. The van der Waals surface area contributed by atoms with Crippen molar-refractivity contribution >= 4 is 24.4 Å². The van der Waals surface area contributed by atoms with E-state index in [-0.39, 0.29) is 0 Å². The van der Waals surface area contributed by atoms with Crippen LogP contribution in [0.1, 0.15) is 51.4 Å². The van der Waals surface area contributed by atoms with Crippen LogP contribution in [0, 0.1) is 47.3 Å². The minimum atomic E-state index is 0.736. The minimum absolute atomic E-state index is 0.736. The molecule has 6 saturated carbocycles. The molecule has 0 amide bonds. The van der Waals surface area contributed by atoms with Crippen LogP contribution in [0.25, 0.3) is 0 Å². The van der Waals surface area contributed by atoms with Gasteiger partial charge < -0.3 is 0 Å². The fourth-order valence-corrected chi connectivity index (χ4v) is 11.0. The third-order valence-electron chi connectivity index (χ3n) is 9.01. The molecule has 0 aromatic heterocycles. The Morgan fingerprint density at radius 2 is 1.61 bits per heavy atom. The van der Waals surface area contributed by atoms with E-state index in [1.54, 1.807) is 25.7 Å². The Kier molecular flexibility index (Phi) is 3.31. The summed E-state index contributed by atoms with van der Waals surface area (Å²) in [6.07, 6.45) is 17.2. The van der Waals surface area contributed by atoms with Crippen LogP contribution in [0.5, 0.6) is 0 Å². The summed E-state index contributed by atoms with van der Waals surface area (Å²) in [7, 11) is 0. The fourth-order valence-electron chi connectivity index (χ4n) is 8.23. The van der Waals surface area contributed by atoms with Crippen LogP contribution in [0.15, 0.2) is 12.2 Å². The molecule has 7 aliphatic carbocycles. The average Bonchev–Trinajstić information content (AvgIpc) is 3.29. The van der Waals surface area contributed by atoms with Gasteiger partial charge in [-0.15, -0.1) is 0 Å². The minimum Gasteiger partial charge on any atom is -0.176 e. The van der Waals surface area contributed by atoms with E-state index < -0.39 is 0 Å². The predicted octanol–water partition coefficient (Wildman–Crippen LogP) is 5.44. The molecule has 11 atom stereocenters. The Morgan fingerprint density at radius 3 is 2.57 bits per heavy atom. The molecule has 0 aromatic carbocycles. The summed E-state index contributed by atoms with van der Waals surface area (Å²) < 4.78 is 0. The number of hydrogen-bond donors (Lipinski definition) is 1. The monoisotopic (exact) mass is 346 g/mol. The smallest absolute Gasteiger partial charge is 0.00841 e. The van der Waals surface area contributed by atoms with Crippen molar-refractivity contribution in [3.05, 3.63) is 12.2 Å². The first-order valence-electron chi connectivity index (χ1n) is 10.3. The Hall–Kier alpha value is 0.440. The van der Waals surface area contributed by atoms with Gasteiger partial charge in [0.15, 0.2) is 0 Å². The molecule has 7 rings (SSSR count). The number of hydrogen-bond acceptors (Lipinski definition) is 2. The van der Waals surface area contributed by atoms with Crippen LogP contribution in [0.2, 0.25) is 0 Å². The van der Waals surface area contributed by atoms with Crippen LogP contribution in [-0.4, -0.2) is 15.7 Å². The molecule has 0 saturated heterocycles. The van der Waals surface area contributed by atoms with Gasteiger partial charge in [0, 0.05) is 15.7 Å². The van der Waals surface area contributed by atoms with E-state index in [9.17, 15) is 0 Å². The van der Waals surface area contributed by atoms with Crippen molar-refractivity contribution in [2.24, 2.45) is 47.3 Å². The topological polar surface area (TPSA) is 0 Å². The molecule has 0 radical (unpaired) electrons. The lowest BCUT2D eigenvalue weighted by Gasteiger charge is -2.52. The molecule has 0 aliphatic heterocycles. The van der Waals surface area contributed by atoms with Crippen molar-refractivity contribution in [1.82, 2.24) is 0 Å². The third-order valence-corrected chi connectivity index (χ3v) is 11.4. The molecule has 23 heavy (non-hydrogen) atoms. The van der Waals surface area contributed by atoms with Crippen LogP contribution in [-0.2, 0) is 0 Å². The van der Waals surface area contributed by atoms with Crippen molar-refractivity contribution in [2.45, 2.75) is 67.1 Å². The van der Waals surface area contributed by atoms with Gasteiger partial charge in [-0.2, -0.15) is 24.4 Å². The lowest BCUT2D eigenvalue weighted by molar-refractivity contribution is 0.0538. The van der Waals surface area contributed by atoms with E-state index in [4.69, 9.17) is 12.6 Å². The molecule has 0 spiro atoms. The molecule has 0 nitrogen and oxygen atoms in total. The molecule has 0 N–H and O–H groups in total. The zero-order valence-corrected chi connectivity index (χ0v) is 15.7. The quantitative estimate of drug-likeness (QED) is 0.513. The number of fused-ring (bicyclic) bond motifs is 7. The van der Waals surface area contributed by atoms with Crippen molar-refractivity contribution in [2.75, 3.05) is 0 Å². The molecule has 126 valence electrons. The SMILES string of the molecule is SC1CCC2C3CCC(C(SC4CC5CC4C4CC=CC54)C3)C12. The van der Waals surface area contributed by atoms with Gasteiger partial charge in [-0.25, -0.2) is 0 Å². The summed E-state index contributed by atoms with van der Waals surface area (Å²) in [5, 5.41) is 2.75. The highest BCUT2D eigenvalue weighted by Gasteiger charge is 2.56. The third kappa shape index (κ3) is 2.00. The maximum Gasteiger partial charge on any atom is 0.00841 e. The van der Waals surface area contributed by atoms with E-state index in [1.807, 2.05) is 0 Å². The first kappa shape index (κ1) is 14.6. The highest BCUT2D eigenvalue weighted by Crippen LogP contribution is 2.64. The molecule has 4 bridgehead atoms. The van der Waals surface area contributed by atoms with Crippen molar-refractivity contribution in [1.29, 1.82) is 0 Å². The normalized spacial score (nSPS) is 62.0. The molecular formula is C21H30S2. The average molecular weight is 347 g/mol.